The number of piperidine rings is 1. The smallest absolute Gasteiger partial charge is 0.410 e. The highest BCUT2D eigenvalue weighted by Crippen LogP contribution is 2.45. The van der Waals surface area contributed by atoms with Crippen molar-refractivity contribution in [1.29, 1.82) is 0 Å². The van der Waals surface area contributed by atoms with Gasteiger partial charge in [-0.25, -0.2) is 4.79 Å². The lowest BCUT2D eigenvalue weighted by Crippen LogP contribution is -2.51. The monoisotopic (exact) mass is 411 g/mol. The molecule has 1 saturated heterocycles. The SMILES string of the molecule is O=C(OCC1c2ccccc2-c2ccccc21)N1C2C=C(c3ccn[nH]3)CC1CCC2. The Hall–Kier alpha value is -3.34. The number of benzene rings is 2. The number of hydrogen-bond acceptors (Lipinski definition) is 3. The molecule has 5 heteroatoms. The van der Waals surface area contributed by atoms with Crippen LogP contribution < -0.4 is 0 Å². The molecule has 1 aromatic heterocycles. The van der Waals surface area contributed by atoms with Crippen LogP contribution in [0, 0.1) is 0 Å². The van der Waals surface area contributed by atoms with Crippen LogP contribution in [-0.2, 0) is 4.74 Å². The van der Waals surface area contributed by atoms with E-state index < -0.39 is 0 Å². The van der Waals surface area contributed by atoms with E-state index in [0.29, 0.717) is 6.61 Å². The molecule has 0 spiro atoms. The summed E-state index contributed by atoms with van der Waals surface area (Å²) in [5, 5.41) is 7.15. The van der Waals surface area contributed by atoms with Gasteiger partial charge in [-0.05, 0) is 59.6 Å². The second-order valence-electron chi connectivity index (χ2n) is 8.73. The van der Waals surface area contributed by atoms with Gasteiger partial charge in [-0.1, -0.05) is 54.6 Å². The number of aromatic amines is 1. The molecule has 156 valence electrons. The Morgan fingerprint density at radius 1 is 1.03 bits per heavy atom. The maximum atomic E-state index is 13.2. The minimum atomic E-state index is -0.184. The van der Waals surface area contributed by atoms with Gasteiger partial charge in [0.2, 0.25) is 0 Å². The van der Waals surface area contributed by atoms with Crippen molar-refractivity contribution in [2.45, 2.75) is 43.7 Å². The average Bonchev–Trinajstić information content (AvgIpc) is 3.44. The summed E-state index contributed by atoms with van der Waals surface area (Å²) in [5.74, 6) is 0.0945. The van der Waals surface area contributed by atoms with Crippen molar-refractivity contribution in [1.82, 2.24) is 15.1 Å². The standard InChI is InChI=1S/C26H25N3O2/c30-26(29-18-6-5-7-19(29)15-17(14-18)25-12-13-27-28-25)31-16-24-22-10-3-1-8-20(22)21-9-2-4-11-23(21)24/h1-4,8-14,18-19,24H,5-7,15-16H2,(H,27,28). The molecule has 0 radical (unpaired) electrons. The number of amides is 1. The minimum absolute atomic E-state index is 0.0945. The molecule has 6 rings (SSSR count). The van der Waals surface area contributed by atoms with Crippen molar-refractivity contribution in [3.8, 4) is 11.1 Å². The summed E-state index contributed by atoms with van der Waals surface area (Å²) in [5.41, 5.74) is 7.31. The van der Waals surface area contributed by atoms with Crippen molar-refractivity contribution in [2.75, 3.05) is 6.61 Å². The highest BCUT2D eigenvalue weighted by atomic mass is 16.6. The molecule has 31 heavy (non-hydrogen) atoms. The van der Waals surface area contributed by atoms with Crippen LogP contribution in [-0.4, -0.2) is 39.9 Å². The van der Waals surface area contributed by atoms with E-state index in [1.54, 1.807) is 6.20 Å². The number of fused-ring (bicyclic) bond motifs is 5. The summed E-state index contributed by atoms with van der Waals surface area (Å²) in [7, 11) is 0. The number of nitrogens with zero attached hydrogens (tertiary/aromatic N) is 2. The first-order valence-corrected chi connectivity index (χ1v) is 11.1. The van der Waals surface area contributed by atoms with Crippen LogP contribution in [0.5, 0.6) is 0 Å². The summed E-state index contributed by atoms with van der Waals surface area (Å²) >= 11 is 0. The highest BCUT2D eigenvalue weighted by molar-refractivity contribution is 5.79. The predicted octanol–water partition coefficient (Wildman–Crippen LogP) is 5.37. The highest BCUT2D eigenvalue weighted by Gasteiger charge is 2.39. The van der Waals surface area contributed by atoms with Crippen LogP contribution in [0.2, 0.25) is 0 Å². The van der Waals surface area contributed by atoms with E-state index in [1.807, 2.05) is 11.0 Å². The number of carbonyl (C=O) groups excluding carboxylic acids is 1. The van der Waals surface area contributed by atoms with Crippen molar-refractivity contribution in [3.05, 3.63) is 83.7 Å². The van der Waals surface area contributed by atoms with Crippen LogP contribution in [0.15, 0.2) is 66.9 Å². The molecule has 3 aliphatic rings. The van der Waals surface area contributed by atoms with Crippen molar-refractivity contribution < 1.29 is 9.53 Å². The molecule has 2 atom stereocenters. The van der Waals surface area contributed by atoms with Gasteiger partial charge in [-0.3, -0.25) is 10.00 Å². The van der Waals surface area contributed by atoms with Crippen molar-refractivity contribution >= 4 is 11.7 Å². The number of H-pyrrole nitrogens is 1. The van der Waals surface area contributed by atoms with E-state index in [1.165, 1.54) is 27.8 Å². The topological polar surface area (TPSA) is 58.2 Å². The fourth-order valence-electron chi connectivity index (χ4n) is 5.62. The maximum absolute atomic E-state index is 13.2. The third-order valence-electron chi connectivity index (χ3n) is 7.03. The lowest BCUT2D eigenvalue weighted by molar-refractivity contribution is 0.0538. The molecule has 1 fully saturated rings. The molecule has 3 heterocycles. The third kappa shape index (κ3) is 3.07. The second-order valence-corrected chi connectivity index (χ2v) is 8.73. The first-order chi connectivity index (χ1) is 15.3. The lowest BCUT2D eigenvalue weighted by atomic mass is 9.84. The minimum Gasteiger partial charge on any atom is -0.448 e. The Labute approximate surface area is 181 Å². The summed E-state index contributed by atoms with van der Waals surface area (Å²) < 4.78 is 5.98. The zero-order valence-corrected chi connectivity index (χ0v) is 17.3. The van der Waals surface area contributed by atoms with Gasteiger partial charge in [0, 0.05) is 18.2 Å². The molecule has 2 aromatic carbocycles. The van der Waals surface area contributed by atoms with E-state index >= 15 is 0 Å². The van der Waals surface area contributed by atoms with Crippen LogP contribution in [0.3, 0.4) is 0 Å². The molecular formula is C26H25N3O2. The zero-order valence-electron chi connectivity index (χ0n) is 17.3. The molecule has 2 aliphatic heterocycles. The average molecular weight is 412 g/mol. The van der Waals surface area contributed by atoms with Crippen LogP contribution >= 0.6 is 0 Å². The second kappa shape index (κ2) is 7.41. The number of aromatic nitrogens is 2. The van der Waals surface area contributed by atoms with Gasteiger partial charge in [0.1, 0.15) is 6.61 Å². The van der Waals surface area contributed by atoms with E-state index in [4.69, 9.17) is 4.74 Å². The van der Waals surface area contributed by atoms with Gasteiger partial charge in [-0.15, -0.1) is 0 Å². The van der Waals surface area contributed by atoms with Crippen LogP contribution in [0.4, 0.5) is 4.79 Å². The van der Waals surface area contributed by atoms with Gasteiger partial charge in [-0.2, -0.15) is 5.10 Å². The Balaban J connectivity index is 1.22. The van der Waals surface area contributed by atoms with Crippen LogP contribution in [0.1, 0.15) is 48.4 Å². The van der Waals surface area contributed by atoms with Crippen LogP contribution in [0.25, 0.3) is 16.7 Å². The fraction of sp³-hybridized carbons (Fsp3) is 0.308. The van der Waals surface area contributed by atoms with E-state index in [-0.39, 0.29) is 24.1 Å². The molecule has 1 N–H and O–H groups in total. The lowest BCUT2D eigenvalue weighted by Gasteiger charge is -2.44. The number of nitrogens with one attached hydrogen (secondary N) is 1. The van der Waals surface area contributed by atoms with E-state index in [2.05, 4.69) is 64.8 Å². The van der Waals surface area contributed by atoms with Gasteiger partial charge in [0.05, 0.1) is 11.7 Å². The summed E-state index contributed by atoms with van der Waals surface area (Å²) in [6.45, 7) is 0.375. The first kappa shape index (κ1) is 18.4. The molecule has 0 saturated carbocycles. The fourth-order valence-corrected chi connectivity index (χ4v) is 5.62. The van der Waals surface area contributed by atoms with E-state index in [0.717, 1.165) is 31.4 Å². The molecular weight excluding hydrogens is 386 g/mol. The summed E-state index contributed by atoms with van der Waals surface area (Å²) in [6, 6.07) is 19.2. The Morgan fingerprint density at radius 3 is 2.45 bits per heavy atom. The molecule has 2 bridgehead atoms. The largest absolute Gasteiger partial charge is 0.448 e. The maximum Gasteiger partial charge on any atom is 0.410 e. The number of hydrogen-bond donors (Lipinski definition) is 1. The number of ether oxygens (including phenoxy) is 1. The Morgan fingerprint density at radius 2 is 1.77 bits per heavy atom. The molecule has 5 nitrogen and oxygen atoms in total. The zero-order chi connectivity index (χ0) is 20.8. The predicted molar refractivity (Wildman–Crippen MR) is 120 cm³/mol. The molecule has 1 aliphatic carbocycles. The molecule has 3 aromatic rings. The van der Waals surface area contributed by atoms with Gasteiger partial charge in [0.15, 0.2) is 0 Å². The molecule has 2 unspecified atom stereocenters. The number of rotatable bonds is 3. The van der Waals surface area contributed by atoms with Crippen molar-refractivity contribution in [2.24, 2.45) is 0 Å². The molecule has 1 amide bonds. The normalized spacial score (nSPS) is 21.9. The summed E-state index contributed by atoms with van der Waals surface area (Å²) in [6.07, 6.45) is 7.83. The Bertz CT molecular complexity index is 1110. The van der Waals surface area contributed by atoms with Gasteiger partial charge >= 0.3 is 6.09 Å². The number of carbonyl (C=O) groups is 1. The quantitative estimate of drug-likeness (QED) is 0.630. The summed E-state index contributed by atoms with van der Waals surface area (Å²) in [4.78, 5) is 15.2. The third-order valence-corrected chi connectivity index (χ3v) is 7.03. The van der Waals surface area contributed by atoms with Gasteiger partial charge < -0.3 is 4.74 Å². The van der Waals surface area contributed by atoms with E-state index in [9.17, 15) is 4.79 Å². The Kier molecular flexibility index (Phi) is 4.41. The van der Waals surface area contributed by atoms with Gasteiger partial charge in [0.25, 0.3) is 0 Å². The van der Waals surface area contributed by atoms with Crippen molar-refractivity contribution in [3.63, 3.8) is 0 Å². The first-order valence-electron chi connectivity index (χ1n) is 11.1.